The van der Waals surface area contributed by atoms with Crippen LogP contribution in [0.1, 0.15) is 19.2 Å². The monoisotopic (exact) mass is 421 g/mol. The highest BCUT2D eigenvalue weighted by Gasteiger charge is 2.13. The van der Waals surface area contributed by atoms with Crippen LogP contribution in [0.4, 0.5) is 0 Å². The van der Waals surface area contributed by atoms with E-state index in [0.29, 0.717) is 18.1 Å². The summed E-state index contributed by atoms with van der Waals surface area (Å²) in [6.45, 7) is 2.04. The van der Waals surface area contributed by atoms with Gasteiger partial charge in [-0.25, -0.2) is 0 Å². The van der Waals surface area contributed by atoms with Crippen molar-refractivity contribution in [2.45, 2.75) is 25.8 Å². The Morgan fingerprint density at radius 2 is 2.28 bits per heavy atom. The first-order valence-electron chi connectivity index (χ1n) is 5.63. The number of hydrogen-bond acceptors (Lipinski definition) is 4. The van der Waals surface area contributed by atoms with E-state index in [-0.39, 0.29) is 6.04 Å². The summed E-state index contributed by atoms with van der Waals surface area (Å²) >= 11 is 5.69. The molecule has 0 fully saturated rings. The van der Waals surface area contributed by atoms with Crippen LogP contribution in [0.15, 0.2) is 27.2 Å². The van der Waals surface area contributed by atoms with E-state index in [9.17, 15) is 0 Å². The molecule has 0 radical (unpaired) electrons. The van der Waals surface area contributed by atoms with Crippen LogP contribution in [-0.2, 0) is 6.42 Å². The van der Waals surface area contributed by atoms with E-state index in [1.807, 2.05) is 25.1 Å². The average Bonchev–Trinajstić information content (AvgIpc) is 2.80. The lowest BCUT2D eigenvalue weighted by Gasteiger charge is -2.02. The second-order valence-corrected chi connectivity index (χ2v) is 6.09. The van der Waals surface area contributed by atoms with Gasteiger partial charge in [0, 0.05) is 20.5 Å². The topological polar surface area (TPSA) is 64.9 Å². The van der Waals surface area contributed by atoms with Crippen LogP contribution in [0.25, 0.3) is 11.5 Å². The van der Waals surface area contributed by atoms with Gasteiger partial charge in [0.05, 0.1) is 5.56 Å². The highest BCUT2D eigenvalue weighted by molar-refractivity contribution is 14.1. The van der Waals surface area contributed by atoms with Crippen LogP contribution in [0, 0.1) is 3.57 Å². The third-order valence-corrected chi connectivity index (χ3v) is 4.03. The fraction of sp³-hybridized carbons (Fsp3) is 0.333. The molecule has 1 heterocycles. The summed E-state index contributed by atoms with van der Waals surface area (Å²) < 4.78 is 7.35. The SMILES string of the molecule is CCC(N)Cc1noc(-c2cc(Br)ccc2I)n1. The predicted octanol–water partition coefficient (Wildman–Crippen LogP) is 3.38. The first-order chi connectivity index (χ1) is 8.60. The summed E-state index contributed by atoms with van der Waals surface area (Å²) in [7, 11) is 0. The van der Waals surface area contributed by atoms with Gasteiger partial charge in [0.15, 0.2) is 5.82 Å². The maximum Gasteiger partial charge on any atom is 0.259 e. The molecule has 0 amide bonds. The number of nitrogens with two attached hydrogens (primary N) is 1. The minimum absolute atomic E-state index is 0.0806. The lowest BCUT2D eigenvalue weighted by Crippen LogP contribution is -2.21. The average molecular weight is 422 g/mol. The van der Waals surface area contributed by atoms with Gasteiger partial charge in [0.25, 0.3) is 5.89 Å². The van der Waals surface area contributed by atoms with Crippen LogP contribution in [-0.4, -0.2) is 16.2 Å². The van der Waals surface area contributed by atoms with Gasteiger partial charge in [-0.2, -0.15) is 4.98 Å². The normalized spacial score (nSPS) is 12.7. The number of hydrogen-bond donors (Lipinski definition) is 1. The summed E-state index contributed by atoms with van der Waals surface area (Å²) in [6, 6.07) is 6.03. The molecule has 2 N–H and O–H groups in total. The van der Waals surface area contributed by atoms with Crippen molar-refractivity contribution in [3.05, 3.63) is 32.1 Å². The molecule has 1 aromatic carbocycles. The van der Waals surface area contributed by atoms with Crippen molar-refractivity contribution in [2.24, 2.45) is 5.73 Å². The third kappa shape index (κ3) is 3.30. The lowest BCUT2D eigenvalue weighted by molar-refractivity contribution is 0.419. The quantitative estimate of drug-likeness (QED) is 0.768. The fourth-order valence-corrected chi connectivity index (χ4v) is 2.41. The Hall–Kier alpha value is -0.470. The molecule has 2 rings (SSSR count). The van der Waals surface area contributed by atoms with E-state index < -0.39 is 0 Å². The Morgan fingerprint density at radius 3 is 3.00 bits per heavy atom. The zero-order valence-corrected chi connectivity index (χ0v) is 13.6. The molecule has 0 saturated heterocycles. The molecule has 4 nitrogen and oxygen atoms in total. The second kappa shape index (κ2) is 6.12. The minimum Gasteiger partial charge on any atom is -0.334 e. The largest absolute Gasteiger partial charge is 0.334 e. The Labute approximate surface area is 128 Å². The van der Waals surface area contributed by atoms with E-state index in [1.54, 1.807) is 0 Å². The van der Waals surface area contributed by atoms with Gasteiger partial charge < -0.3 is 10.3 Å². The van der Waals surface area contributed by atoms with Crippen LogP contribution < -0.4 is 5.73 Å². The molecule has 1 unspecified atom stereocenters. The molecule has 1 atom stereocenters. The minimum atomic E-state index is 0.0806. The molecule has 0 bridgehead atoms. The van der Waals surface area contributed by atoms with Crippen molar-refractivity contribution in [3.63, 3.8) is 0 Å². The van der Waals surface area contributed by atoms with Gasteiger partial charge in [0.1, 0.15) is 0 Å². The Balaban J connectivity index is 2.26. The van der Waals surface area contributed by atoms with Gasteiger partial charge in [-0.1, -0.05) is 28.0 Å². The summed E-state index contributed by atoms with van der Waals surface area (Å²) in [4.78, 5) is 4.39. The zero-order valence-electron chi connectivity index (χ0n) is 9.86. The lowest BCUT2D eigenvalue weighted by atomic mass is 10.1. The molecule has 2 aromatic rings. The van der Waals surface area contributed by atoms with E-state index in [4.69, 9.17) is 10.3 Å². The van der Waals surface area contributed by atoms with Crippen molar-refractivity contribution in [1.29, 1.82) is 0 Å². The number of halogens is 2. The summed E-state index contributed by atoms with van der Waals surface area (Å²) in [6.07, 6.45) is 1.54. The van der Waals surface area contributed by atoms with Gasteiger partial charge in [-0.3, -0.25) is 0 Å². The number of rotatable bonds is 4. The molecular formula is C12H13BrIN3O. The molecule has 96 valence electrons. The third-order valence-electron chi connectivity index (χ3n) is 2.60. The fourth-order valence-electron chi connectivity index (χ4n) is 1.49. The first-order valence-corrected chi connectivity index (χ1v) is 7.51. The summed E-state index contributed by atoms with van der Waals surface area (Å²) in [5.41, 5.74) is 6.81. The van der Waals surface area contributed by atoms with E-state index in [2.05, 4.69) is 48.7 Å². The first kappa shape index (κ1) is 14.0. The Morgan fingerprint density at radius 1 is 1.50 bits per heavy atom. The molecule has 18 heavy (non-hydrogen) atoms. The number of nitrogens with zero attached hydrogens (tertiary/aromatic N) is 2. The smallest absolute Gasteiger partial charge is 0.259 e. The maximum absolute atomic E-state index is 5.88. The summed E-state index contributed by atoms with van der Waals surface area (Å²) in [5.74, 6) is 1.20. The Kier molecular flexibility index (Phi) is 4.74. The van der Waals surface area contributed by atoms with Gasteiger partial charge in [-0.15, -0.1) is 0 Å². The number of benzene rings is 1. The van der Waals surface area contributed by atoms with Crippen molar-refractivity contribution < 1.29 is 4.52 Å². The molecule has 6 heteroatoms. The van der Waals surface area contributed by atoms with Crippen molar-refractivity contribution in [2.75, 3.05) is 0 Å². The highest BCUT2D eigenvalue weighted by atomic mass is 127. The van der Waals surface area contributed by atoms with Crippen LogP contribution in [0.2, 0.25) is 0 Å². The van der Waals surface area contributed by atoms with Gasteiger partial charge in [0.2, 0.25) is 0 Å². The van der Waals surface area contributed by atoms with Crippen molar-refractivity contribution in [3.8, 4) is 11.5 Å². The van der Waals surface area contributed by atoms with E-state index >= 15 is 0 Å². The van der Waals surface area contributed by atoms with E-state index in [0.717, 1.165) is 20.0 Å². The van der Waals surface area contributed by atoms with Crippen molar-refractivity contribution >= 4 is 38.5 Å². The molecular weight excluding hydrogens is 409 g/mol. The predicted molar refractivity (Wildman–Crippen MR) is 82.1 cm³/mol. The zero-order chi connectivity index (χ0) is 13.1. The van der Waals surface area contributed by atoms with Gasteiger partial charge in [-0.05, 0) is 47.2 Å². The molecule has 0 aliphatic heterocycles. The van der Waals surface area contributed by atoms with Gasteiger partial charge >= 0.3 is 0 Å². The Bertz CT molecular complexity index is 544. The molecule has 0 aliphatic rings. The van der Waals surface area contributed by atoms with Crippen molar-refractivity contribution in [1.82, 2.24) is 10.1 Å². The second-order valence-electron chi connectivity index (χ2n) is 4.01. The highest BCUT2D eigenvalue weighted by Crippen LogP contribution is 2.27. The molecule has 0 spiro atoms. The molecule has 1 aromatic heterocycles. The molecule has 0 saturated carbocycles. The summed E-state index contributed by atoms with van der Waals surface area (Å²) in [5, 5.41) is 3.97. The standard InChI is InChI=1S/C12H13BrIN3O/c1-2-8(15)6-11-16-12(18-17-11)9-5-7(13)3-4-10(9)14/h3-5,8H,2,6,15H2,1H3. The maximum atomic E-state index is 5.88. The number of aromatic nitrogens is 2. The van der Waals surface area contributed by atoms with Crippen LogP contribution in [0.3, 0.4) is 0 Å². The molecule has 0 aliphatic carbocycles. The van der Waals surface area contributed by atoms with E-state index in [1.165, 1.54) is 0 Å². The van der Waals surface area contributed by atoms with Crippen LogP contribution >= 0.6 is 38.5 Å². The van der Waals surface area contributed by atoms with Crippen LogP contribution in [0.5, 0.6) is 0 Å².